The molecule has 2 aromatic carbocycles. The zero-order chi connectivity index (χ0) is 19.9. The smallest absolute Gasteiger partial charge is 0.0931 e. The summed E-state index contributed by atoms with van der Waals surface area (Å²) in [6.07, 6.45) is 2.20. The quantitative estimate of drug-likeness (QED) is 0.616. The summed E-state index contributed by atoms with van der Waals surface area (Å²) in [6.45, 7) is 6.37. The van der Waals surface area contributed by atoms with Crippen molar-refractivity contribution in [2.24, 2.45) is 0 Å². The maximum atomic E-state index is 5.44. The van der Waals surface area contributed by atoms with E-state index in [1.165, 1.54) is 16.5 Å². The van der Waals surface area contributed by atoms with Crippen LogP contribution in [0.2, 0.25) is 0 Å². The number of hydrogen-bond donors (Lipinski definition) is 2. The minimum Gasteiger partial charge on any atom is -0.381 e. The summed E-state index contributed by atoms with van der Waals surface area (Å²) in [7, 11) is 0. The summed E-state index contributed by atoms with van der Waals surface area (Å²) in [6, 6.07) is 19.7. The van der Waals surface area contributed by atoms with E-state index in [0.717, 1.165) is 50.5 Å². The van der Waals surface area contributed by atoms with Crippen LogP contribution >= 0.6 is 0 Å². The van der Waals surface area contributed by atoms with Crippen LogP contribution in [0.4, 0.5) is 5.69 Å². The Kier molecular flexibility index (Phi) is 6.51. The number of fused-ring (bicyclic) bond motifs is 1. The highest BCUT2D eigenvalue weighted by Gasteiger charge is 2.13. The van der Waals surface area contributed by atoms with Crippen molar-refractivity contribution in [3.05, 3.63) is 65.9 Å². The Balaban J connectivity index is 1.44. The van der Waals surface area contributed by atoms with Crippen molar-refractivity contribution >= 4 is 16.6 Å². The highest BCUT2D eigenvalue weighted by atomic mass is 16.5. The first-order chi connectivity index (χ1) is 14.3. The van der Waals surface area contributed by atoms with Crippen LogP contribution in [-0.2, 0) is 17.8 Å². The molecule has 2 N–H and O–H groups in total. The number of aryl methyl sites for hydroxylation is 1. The maximum Gasteiger partial charge on any atom is 0.0931 e. The Morgan fingerprint density at radius 2 is 1.90 bits per heavy atom. The third-order valence-corrected chi connectivity index (χ3v) is 5.47. The van der Waals surface area contributed by atoms with Gasteiger partial charge in [-0.2, -0.15) is 0 Å². The molecular formula is C25H29N3O. The monoisotopic (exact) mass is 387 g/mol. The van der Waals surface area contributed by atoms with Crippen LogP contribution < -0.4 is 10.6 Å². The fourth-order valence-electron chi connectivity index (χ4n) is 3.88. The first-order valence-corrected chi connectivity index (χ1v) is 10.5. The van der Waals surface area contributed by atoms with Crippen molar-refractivity contribution < 1.29 is 4.74 Å². The number of benzene rings is 2. The largest absolute Gasteiger partial charge is 0.381 e. The molecule has 150 valence electrons. The summed E-state index contributed by atoms with van der Waals surface area (Å²) < 4.78 is 7.74. The summed E-state index contributed by atoms with van der Waals surface area (Å²) in [5.74, 6) is 6.61. The minimum atomic E-state index is 0.568. The molecule has 0 radical (unpaired) electrons. The molecule has 0 amide bonds. The van der Waals surface area contributed by atoms with Gasteiger partial charge in [-0.25, -0.2) is 0 Å². The van der Waals surface area contributed by atoms with Gasteiger partial charge in [0.15, 0.2) is 0 Å². The van der Waals surface area contributed by atoms with E-state index in [0.29, 0.717) is 12.6 Å². The molecular weight excluding hydrogens is 358 g/mol. The van der Waals surface area contributed by atoms with Gasteiger partial charge < -0.3 is 19.9 Å². The topological polar surface area (TPSA) is 38.2 Å². The second-order valence-electron chi connectivity index (χ2n) is 7.46. The number of para-hydroxylation sites is 1. The summed E-state index contributed by atoms with van der Waals surface area (Å²) in [5.41, 5.74) is 4.75. The molecule has 0 aliphatic carbocycles. The Bertz CT molecular complexity index is 991. The van der Waals surface area contributed by atoms with Gasteiger partial charge in [0.1, 0.15) is 0 Å². The second-order valence-corrected chi connectivity index (χ2v) is 7.46. The van der Waals surface area contributed by atoms with Crippen molar-refractivity contribution in [1.82, 2.24) is 9.88 Å². The number of aromatic nitrogens is 1. The third kappa shape index (κ3) is 5.00. The number of nitrogens with one attached hydrogen (secondary N) is 2. The van der Waals surface area contributed by atoms with Crippen molar-refractivity contribution in [1.29, 1.82) is 0 Å². The van der Waals surface area contributed by atoms with Gasteiger partial charge in [-0.3, -0.25) is 0 Å². The Morgan fingerprint density at radius 3 is 2.69 bits per heavy atom. The molecule has 1 aromatic heterocycles. The standard InChI is InChI=1S/C25H29N3O/c1-2-28-24(9-6-14-26-22-7-4-3-5-8-22)18-21-17-20(10-11-25(21)28)19-27-23-12-15-29-16-13-23/h3-5,7-8,10-11,17-18,23,26-27H,2,12-16,19H2,1H3. The third-order valence-electron chi connectivity index (χ3n) is 5.47. The molecule has 4 nitrogen and oxygen atoms in total. The van der Waals surface area contributed by atoms with Crippen LogP contribution in [-0.4, -0.2) is 30.4 Å². The van der Waals surface area contributed by atoms with Gasteiger partial charge >= 0.3 is 0 Å². The number of ether oxygens (including phenoxy) is 1. The lowest BCUT2D eigenvalue weighted by Crippen LogP contribution is -2.34. The fourth-order valence-corrected chi connectivity index (χ4v) is 3.88. The molecule has 0 unspecified atom stereocenters. The zero-order valence-electron chi connectivity index (χ0n) is 17.1. The number of rotatable bonds is 6. The van der Waals surface area contributed by atoms with Crippen molar-refractivity contribution in [2.45, 2.75) is 38.9 Å². The van der Waals surface area contributed by atoms with Crippen LogP contribution in [0.1, 0.15) is 31.0 Å². The van der Waals surface area contributed by atoms with E-state index in [4.69, 9.17) is 4.74 Å². The van der Waals surface area contributed by atoms with Crippen LogP contribution in [0.5, 0.6) is 0 Å². The van der Waals surface area contributed by atoms with E-state index >= 15 is 0 Å². The van der Waals surface area contributed by atoms with Crippen LogP contribution in [0.25, 0.3) is 10.9 Å². The molecule has 4 heteroatoms. The molecule has 4 rings (SSSR count). The van der Waals surface area contributed by atoms with Crippen LogP contribution in [0.15, 0.2) is 54.6 Å². The Morgan fingerprint density at radius 1 is 1.07 bits per heavy atom. The minimum absolute atomic E-state index is 0.568. The summed E-state index contributed by atoms with van der Waals surface area (Å²) in [5, 5.41) is 8.28. The van der Waals surface area contributed by atoms with E-state index in [1.807, 2.05) is 18.2 Å². The van der Waals surface area contributed by atoms with Crippen molar-refractivity contribution in [3.63, 3.8) is 0 Å². The average molecular weight is 388 g/mol. The number of anilines is 1. The number of nitrogens with zero attached hydrogens (tertiary/aromatic N) is 1. The molecule has 1 aliphatic rings. The predicted molar refractivity (Wildman–Crippen MR) is 120 cm³/mol. The van der Waals surface area contributed by atoms with Gasteiger partial charge in [-0.05, 0) is 61.6 Å². The molecule has 2 heterocycles. The number of hydrogen-bond acceptors (Lipinski definition) is 3. The van der Waals surface area contributed by atoms with Gasteiger partial charge in [0.25, 0.3) is 0 Å². The van der Waals surface area contributed by atoms with Gasteiger partial charge in [-0.15, -0.1) is 0 Å². The van der Waals surface area contributed by atoms with Gasteiger partial charge in [0, 0.05) is 48.9 Å². The molecule has 0 bridgehead atoms. The maximum absolute atomic E-state index is 5.44. The lowest BCUT2D eigenvalue weighted by Gasteiger charge is -2.23. The Labute approximate surface area is 173 Å². The fraction of sp³-hybridized carbons (Fsp3) is 0.360. The highest BCUT2D eigenvalue weighted by Crippen LogP contribution is 2.21. The van der Waals surface area contributed by atoms with Crippen molar-refractivity contribution in [3.8, 4) is 11.8 Å². The van der Waals surface area contributed by atoms with E-state index in [-0.39, 0.29) is 0 Å². The summed E-state index contributed by atoms with van der Waals surface area (Å²) >= 11 is 0. The molecule has 0 spiro atoms. The van der Waals surface area contributed by atoms with Gasteiger partial charge in [0.2, 0.25) is 0 Å². The summed E-state index contributed by atoms with van der Waals surface area (Å²) in [4.78, 5) is 0. The molecule has 1 aliphatic heterocycles. The second kappa shape index (κ2) is 9.65. The zero-order valence-corrected chi connectivity index (χ0v) is 17.1. The van der Waals surface area contributed by atoms with E-state index in [9.17, 15) is 0 Å². The molecule has 0 atom stereocenters. The Hall–Kier alpha value is -2.74. The van der Waals surface area contributed by atoms with Gasteiger partial charge in [0.05, 0.1) is 12.2 Å². The van der Waals surface area contributed by atoms with E-state index in [2.05, 4.69) is 70.4 Å². The first kappa shape index (κ1) is 19.6. The molecule has 1 fully saturated rings. The van der Waals surface area contributed by atoms with Crippen LogP contribution in [0, 0.1) is 11.8 Å². The lowest BCUT2D eigenvalue weighted by molar-refractivity contribution is 0.0776. The van der Waals surface area contributed by atoms with Crippen molar-refractivity contribution in [2.75, 3.05) is 25.1 Å². The average Bonchev–Trinajstić information content (AvgIpc) is 3.13. The molecule has 1 saturated heterocycles. The predicted octanol–water partition coefficient (Wildman–Crippen LogP) is 4.39. The van der Waals surface area contributed by atoms with E-state index in [1.54, 1.807) is 0 Å². The molecule has 29 heavy (non-hydrogen) atoms. The normalized spacial score (nSPS) is 14.5. The highest BCUT2D eigenvalue weighted by molar-refractivity contribution is 5.83. The lowest BCUT2D eigenvalue weighted by atomic mass is 10.1. The first-order valence-electron chi connectivity index (χ1n) is 10.5. The molecule has 3 aromatic rings. The van der Waals surface area contributed by atoms with Crippen LogP contribution in [0.3, 0.4) is 0 Å². The molecule has 0 saturated carbocycles. The SMILES string of the molecule is CCn1c(C#CCNc2ccccc2)cc2cc(CNC3CCOCC3)ccc21. The van der Waals surface area contributed by atoms with E-state index < -0.39 is 0 Å². The van der Waals surface area contributed by atoms with Gasteiger partial charge in [-0.1, -0.05) is 30.2 Å².